The Morgan fingerprint density at radius 3 is 2.31 bits per heavy atom. The zero-order valence-corrected chi connectivity index (χ0v) is 10.1. The van der Waals surface area contributed by atoms with E-state index in [2.05, 4.69) is 4.18 Å². The SMILES string of the molecule is NCS(=O)(=O)Oc1ccccc1.[H-].[Na+]. The minimum Gasteiger partial charge on any atom is -1.00 e. The van der Waals surface area contributed by atoms with Gasteiger partial charge in [0, 0.05) is 0 Å². The van der Waals surface area contributed by atoms with Gasteiger partial charge in [-0.2, -0.15) is 8.42 Å². The fraction of sp³-hybridized carbons (Fsp3) is 0.143. The van der Waals surface area contributed by atoms with Crippen molar-refractivity contribution >= 4 is 10.1 Å². The van der Waals surface area contributed by atoms with Crippen LogP contribution in [-0.2, 0) is 10.1 Å². The largest absolute Gasteiger partial charge is 1.00 e. The van der Waals surface area contributed by atoms with Crippen LogP contribution in [0.1, 0.15) is 1.43 Å². The molecule has 2 N–H and O–H groups in total. The number of para-hydroxylation sites is 1. The molecule has 0 aromatic heterocycles. The molecule has 0 fully saturated rings. The minimum atomic E-state index is -3.59. The quantitative estimate of drug-likeness (QED) is 0.440. The molecular weight excluding hydrogens is 201 g/mol. The van der Waals surface area contributed by atoms with Gasteiger partial charge in [0.1, 0.15) is 11.6 Å². The molecule has 0 atom stereocenters. The summed E-state index contributed by atoms with van der Waals surface area (Å²) in [4.78, 5) is 0. The zero-order chi connectivity index (χ0) is 9.03. The summed E-state index contributed by atoms with van der Waals surface area (Å²) in [6.45, 7) is 0. The summed E-state index contributed by atoms with van der Waals surface area (Å²) in [5.41, 5.74) is 4.94. The molecule has 0 saturated heterocycles. The molecular formula is C7H10NNaO3S. The van der Waals surface area contributed by atoms with Gasteiger partial charge in [-0.05, 0) is 12.1 Å². The van der Waals surface area contributed by atoms with Crippen molar-refractivity contribution in [1.29, 1.82) is 0 Å². The summed E-state index contributed by atoms with van der Waals surface area (Å²) >= 11 is 0. The first-order chi connectivity index (χ1) is 5.64. The van der Waals surface area contributed by atoms with Crippen LogP contribution < -0.4 is 39.5 Å². The van der Waals surface area contributed by atoms with E-state index in [1.165, 1.54) is 0 Å². The third-order valence-electron chi connectivity index (χ3n) is 1.17. The molecule has 0 radical (unpaired) electrons. The third-order valence-corrected chi connectivity index (χ3v) is 2.03. The monoisotopic (exact) mass is 211 g/mol. The average molecular weight is 211 g/mol. The average Bonchev–Trinajstić information content (AvgIpc) is 2.06. The molecule has 0 aliphatic carbocycles. The number of benzene rings is 1. The van der Waals surface area contributed by atoms with Gasteiger partial charge < -0.3 is 11.3 Å². The van der Waals surface area contributed by atoms with E-state index < -0.39 is 16.0 Å². The first-order valence-electron chi connectivity index (χ1n) is 3.31. The van der Waals surface area contributed by atoms with Crippen LogP contribution in [0.5, 0.6) is 5.75 Å². The second-order valence-electron chi connectivity index (χ2n) is 2.12. The van der Waals surface area contributed by atoms with Gasteiger partial charge >= 0.3 is 39.7 Å². The number of hydrogen-bond donors (Lipinski definition) is 1. The summed E-state index contributed by atoms with van der Waals surface area (Å²) in [5, 5.41) is 0. The maximum atomic E-state index is 10.8. The first-order valence-corrected chi connectivity index (χ1v) is 4.89. The second kappa shape index (κ2) is 5.62. The Hall–Kier alpha value is -0.0700. The van der Waals surface area contributed by atoms with Crippen molar-refractivity contribution in [2.75, 3.05) is 5.88 Å². The molecule has 0 heterocycles. The van der Waals surface area contributed by atoms with Crippen LogP contribution in [0.4, 0.5) is 0 Å². The molecule has 1 aromatic rings. The zero-order valence-electron chi connectivity index (χ0n) is 8.30. The van der Waals surface area contributed by atoms with Gasteiger partial charge in [0.25, 0.3) is 0 Å². The molecule has 0 saturated carbocycles. The standard InChI is InChI=1S/C7H9NO3S.Na.H/c8-6-12(9,10)11-7-4-2-1-3-5-7;;/h1-5H,6,8H2;;/q;+1;-1. The van der Waals surface area contributed by atoms with Crippen LogP contribution in [0.3, 0.4) is 0 Å². The Morgan fingerprint density at radius 2 is 1.85 bits per heavy atom. The van der Waals surface area contributed by atoms with Crippen molar-refractivity contribution in [3.05, 3.63) is 30.3 Å². The van der Waals surface area contributed by atoms with Crippen molar-refractivity contribution in [1.82, 2.24) is 0 Å². The minimum absolute atomic E-state index is 0. The van der Waals surface area contributed by atoms with Crippen LogP contribution in [0.2, 0.25) is 0 Å². The van der Waals surface area contributed by atoms with Gasteiger partial charge in [-0.15, -0.1) is 0 Å². The molecule has 0 bridgehead atoms. The Morgan fingerprint density at radius 1 is 1.31 bits per heavy atom. The van der Waals surface area contributed by atoms with E-state index in [-0.39, 0.29) is 36.7 Å². The second-order valence-corrected chi connectivity index (χ2v) is 3.74. The predicted octanol–water partition coefficient (Wildman–Crippen LogP) is -2.57. The van der Waals surface area contributed by atoms with Crippen molar-refractivity contribution in [2.45, 2.75) is 0 Å². The smallest absolute Gasteiger partial charge is 1.00 e. The molecule has 1 rings (SSSR count). The van der Waals surface area contributed by atoms with Crippen LogP contribution in [0.15, 0.2) is 30.3 Å². The van der Waals surface area contributed by atoms with E-state index >= 15 is 0 Å². The molecule has 0 aliphatic rings. The maximum Gasteiger partial charge on any atom is 1.00 e. The summed E-state index contributed by atoms with van der Waals surface area (Å²) < 4.78 is 26.2. The summed E-state index contributed by atoms with van der Waals surface area (Å²) in [7, 11) is -3.59. The number of rotatable bonds is 3. The van der Waals surface area contributed by atoms with Crippen molar-refractivity contribution in [2.24, 2.45) is 5.73 Å². The maximum absolute atomic E-state index is 10.8. The van der Waals surface area contributed by atoms with Crippen LogP contribution in [0.25, 0.3) is 0 Å². The van der Waals surface area contributed by atoms with Gasteiger partial charge in [0.15, 0.2) is 0 Å². The van der Waals surface area contributed by atoms with Crippen LogP contribution in [0, 0.1) is 0 Å². The van der Waals surface area contributed by atoms with Crippen molar-refractivity contribution < 1.29 is 43.6 Å². The topological polar surface area (TPSA) is 69.4 Å². The van der Waals surface area contributed by atoms with Gasteiger partial charge in [-0.25, -0.2) is 0 Å². The number of hydrogen-bond acceptors (Lipinski definition) is 4. The fourth-order valence-electron chi connectivity index (χ4n) is 0.657. The normalized spacial score (nSPS) is 10.2. The van der Waals surface area contributed by atoms with Gasteiger partial charge in [-0.3, -0.25) is 0 Å². The molecule has 0 unspecified atom stereocenters. The molecule has 1 aromatic carbocycles. The predicted molar refractivity (Wildman–Crippen MR) is 46.2 cm³/mol. The molecule has 0 amide bonds. The van der Waals surface area contributed by atoms with Crippen molar-refractivity contribution in [3.8, 4) is 5.75 Å². The van der Waals surface area contributed by atoms with Gasteiger partial charge in [0.05, 0.1) is 0 Å². The Kier molecular flexibility index (Phi) is 5.59. The van der Waals surface area contributed by atoms with Gasteiger partial charge in [-0.1, -0.05) is 18.2 Å². The van der Waals surface area contributed by atoms with E-state index in [1.54, 1.807) is 30.3 Å². The Labute approximate surface area is 101 Å². The molecule has 4 nitrogen and oxygen atoms in total. The Balaban J connectivity index is 0. The molecule has 13 heavy (non-hydrogen) atoms. The summed E-state index contributed by atoms with van der Waals surface area (Å²) in [6, 6.07) is 8.23. The molecule has 0 spiro atoms. The van der Waals surface area contributed by atoms with E-state index in [9.17, 15) is 8.42 Å². The van der Waals surface area contributed by atoms with Gasteiger partial charge in [0.2, 0.25) is 0 Å². The van der Waals surface area contributed by atoms with Crippen LogP contribution >= 0.6 is 0 Å². The molecule has 0 aliphatic heterocycles. The summed E-state index contributed by atoms with van der Waals surface area (Å²) in [6.07, 6.45) is 0. The summed E-state index contributed by atoms with van der Waals surface area (Å²) in [5.74, 6) is -0.232. The van der Waals surface area contributed by atoms with E-state index in [1.807, 2.05) is 0 Å². The number of nitrogens with two attached hydrogens (primary N) is 1. The Bertz CT molecular complexity index is 343. The van der Waals surface area contributed by atoms with E-state index in [0.717, 1.165) is 0 Å². The van der Waals surface area contributed by atoms with E-state index in [0.29, 0.717) is 0 Å². The van der Waals surface area contributed by atoms with E-state index in [4.69, 9.17) is 5.73 Å². The van der Waals surface area contributed by atoms with Crippen molar-refractivity contribution in [3.63, 3.8) is 0 Å². The first kappa shape index (κ1) is 12.9. The third kappa shape index (κ3) is 4.64. The van der Waals surface area contributed by atoms with Crippen LogP contribution in [-0.4, -0.2) is 14.3 Å². The fourth-order valence-corrected chi connectivity index (χ4v) is 1.13. The molecule has 6 heteroatoms. The molecule has 68 valence electrons.